The maximum Gasteiger partial charge on any atom is 0.141 e. The Morgan fingerprint density at radius 1 is 0.622 bits per heavy atom. The highest BCUT2D eigenvalue weighted by Gasteiger charge is 2.46. The van der Waals surface area contributed by atoms with E-state index in [1.807, 2.05) is 12.1 Å². The predicted molar refractivity (Wildman–Crippen MR) is 153 cm³/mol. The summed E-state index contributed by atoms with van der Waals surface area (Å²) < 4.78 is 0. The SMILES string of the molecule is CCCCc1cc(C2(c3cc(N)c(O)c(CCCC)c3)c3ccccc3-c3ccccc32)cc(N)c1O. The number of aryl methyl sites for hydroxylation is 2. The van der Waals surface area contributed by atoms with E-state index in [-0.39, 0.29) is 11.5 Å². The summed E-state index contributed by atoms with van der Waals surface area (Å²) in [4.78, 5) is 0. The number of rotatable bonds is 8. The minimum Gasteiger partial charge on any atom is -0.506 e. The van der Waals surface area contributed by atoms with Gasteiger partial charge < -0.3 is 21.7 Å². The van der Waals surface area contributed by atoms with Crippen LogP contribution in [0, 0.1) is 0 Å². The second-order valence-corrected chi connectivity index (χ2v) is 10.2. The number of unbranched alkanes of at least 4 members (excludes halogenated alkanes) is 2. The minimum atomic E-state index is -0.696. The van der Waals surface area contributed by atoms with Gasteiger partial charge in [0.05, 0.1) is 16.8 Å². The topological polar surface area (TPSA) is 92.5 Å². The minimum absolute atomic E-state index is 0.167. The van der Waals surface area contributed by atoms with E-state index in [1.54, 1.807) is 0 Å². The van der Waals surface area contributed by atoms with Crippen molar-refractivity contribution in [2.45, 2.75) is 57.8 Å². The van der Waals surface area contributed by atoms with Crippen molar-refractivity contribution in [1.29, 1.82) is 0 Å². The van der Waals surface area contributed by atoms with E-state index in [0.717, 1.165) is 71.9 Å². The molecule has 0 aromatic heterocycles. The van der Waals surface area contributed by atoms with Crippen molar-refractivity contribution in [2.24, 2.45) is 0 Å². The molecule has 37 heavy (non-hydrogen) atoms. The van der Waals surface area contributed by atoms with Crippen LogP contribution in [0.4, 0.5) is 11.4 Å². The van der Waals surface area contributed by atoms with Crippen molar-refractivity contribution in [3.63, 3.8) is 0 Å². The molecule has 1 aliphatic rings. The lowest BCUT2D eigenvalue weighted by Crippen LogP contribution is -2.29. The Hall–Kier alpha value is -3.92. The average Bonchev–Trinajstić information content (AvgIpc) is 3.21. The summed E-state index contributed by atoms with van der Waals surface area (Å²) in [6.45, 7) is 4.29. The van der Waals surface area contributed by atoms with Gasteiger partial charge in [0.2, 0.25) is 0 Å². The standard InChI is InChI=1S/C33H36N2O2/c1-3-5-11-21-17-23(19-29(34)31(21)36)33(24-18-22(12-6-4-2)32(37)30(35)20-24)27-15-9-7-13-25(27)26-14-8-10-16-28(26)33/h7-10,13-20,36-37H,3-6,11-12,34-35H2,1-2H3. The molecule has 0 unspecified atom stereocenters. The second kappa shape index (κ2) is 9.85. The van der Waals surface area contributed by atoms with Gasteiger partial charge in [0, 0.05) is 0 Å². The first-order valence-electron chi connectivity index (χ1n) is 13.4. The summed E-state index contributed by atoms with van der Waals surface area (Å²) in [5.74, 6) is 0.335. The molecule has 4 aromatic carbocycles. The summed E-state index contributed by atoms with van der Waals surface area (Å²) >= 11 is 0. The van der Waals surface area contributed by atoms with Crippen molar-refractivity contribution in [3.05, 3.63) is 106 Å². The van der Waals surface area contributed by atoms with Crippen molar-refractivity contribution in [2.75, 3.05) is 11.5 Å². The number of phenols is 2. The molecule has 6 N–H and O–H groups in total. The average molecular weight is 493 g/mol. The van der Waals surface area contributed by atoms with Gasteiger partial charge in [-0.3, -0.25) is 0 Å². The van der Waals surface area contributed by atoms with Gasteiger partial charge in [-0.15, -0.1) is 0 Å². The van der Waals surface area contributed by atoms with Crippen molar-refractivity contribution >= 4 is 11.4 Å². The molecule has 1 aliphatic carbocycles. The Morgan fingerprint density at radius 2 is 1.03 bits per heavy atom. The third kappa shape index (κ3) is 3.92. The second-order valence-electron chi connectivity index (χ2n) is 10.2. The molecule has 0 spiro atoms. The van der Waals surface area contributed by atoms with E-state index in [0.29, 0.717) is 11.4 Å². The fourth-order valence-electron chi connectivity index (χ4n) is 6.01. The van der Waals surface area contributed by atoms with Gasteiger partial charge in [-0.05, 0) is 82.3 Å². The van der Waals surface area contributed by atoms with Crippen LogP contribution in [0.25, 0.3) is 11.1 Å². The number of aromatic hydroxyl groups is 2. The van der Waals surface area contributed by atoms with E-state index in [9.17, 15) is 10.2 Å². The van der Waals surface area contributed by atoms with Crippen LogP contribution < -0.4 is 11.5 Å². The number of nitrogen functional groups attached to an aromatic ring is 2. The molecule has 4 heteroatoms. The molecule has 4 nitrogen and oxygen atoms in total. The van der Waals surface area contributed by atoms with Gasteiger partial charge in [0.25, 0.3) is 0 Å². The molecule has 0 bridgehead atoms. The van der Waals surface area contributed by atoms with Gasteiger partial charge in [-0.2, -0.15) is 0 Å². The van der Waals surface area contributed by atoms with Crippen LogP contribution in [0.1, 0.15) is 72.9 Å². The zero-order valence-electron chi connectivity index (χ0n) is 21.7. The third-order valence-electron chi connectivity index (χ3n) is 7.85. The van der Waals surface area contributed by atoms with Gasteiger partial charge in [0.15, 0.2) is 0 Å². The van der Waals surface area contributed by atoms with E-state index in [2.05, 4.69) is 74.5 Å². The number of phenolic OH excluding ortho intramolecular Hbond substituents is 2. The van der Waals surface area contributed by atoms with Crippen molar-refractivity contribution in [3.8, 4) is 22.6 Å². The zero-order valence-corrected chi connectivity index (χ0v) is 21.7. The summed E-state index contributed by atoms with van der Waals surface area (Å²) in [6.07, 6.45) is 5.47. The molecule has 0 saturated carbocycles. The molecule has 5 rings (SSSR count). The summed E-state index contributed by atoms with van der Waals surface area (Å²) in [5.41, 5.74) is 21.3. The van der Waals surface area contributed by atoms with Crippen molar-refractivity contribution in [1.82, 2.24) is 0 Å². The molecule has 190 valence electrons. The highest BCUT2D eigenvalue weighted by Crippen LogP contribution is 2.57. The summed E-state index contributed by atoms with van der Waals surface area (Å²) in [5, 5.41) is 21.8. The van der Waals surface area contributed by atoms with Crippen LogP contribution in [-0.4, -0.2) is 10.2 Å². The molecular weight excluding hydrogens is 456 g/mol. The molecule has 4 aromatic rings. The summed E-state index contributed by atoms with van der Waals surface area (Å²) in [7, 11) is 0. The summed E-state index contributed by atoms with van der Waals surface area (Å²) in [6, 6.07) is 25.0. The maximum absolute atomic E-state index is 10.9. The van der Waals surface area contributed by atoms with Gasteiger partial charge in [-0.25, -0.2) is 0 Å². The lowest BCUT2D eigenvalue weighted by molar-refractivity contribution is 0.468. The Labute approximate surface area is 219 Å². The molecule has 0 atom stereocenters. The first-order valence-corrected chi connectivity index (χ1v) is 13.4. The van der Waals surface area contributed by atoms with E-state index in [1.165, 1.54) is 11.1 Å². The van der Waals surface area contributed by atoms with E-state index >= 15 is 0 Å². The fourth-order valence-corrected chi connectivity index (χ4v) is 6.01. The number of benzene rings is 4. The predicted octanol–water partition coefficient (Wildman–Crippen LogP) is 7.31. The van der Waals surface area contributed by atoms with Crippen LogP contribution >= 0.6 is 0 Å². The van der Waals surface area contributed by atoms with Crippen LogP contribution in [0.5, 0.6) is 11.5 Å². The smallest absolute Gasteiger partial charge is 0.141 e. The van der Waals surface area contributed by atoms with E-state index < -0.39 is 5.41 Å². The van der Waals surface area contributed by atoms with Crippen LogP contribution in [0.15, 0.2) is 72.8 Å². The van der Waals surface area contributed by atoms with Crippen molar-refractivity contribution < 1.29 is 10.2 Å². The lowest BCUT2D eigenvalue weighted by Gasteiger charge is -2.35. The molecule has 0 amide bonds. The Morgan fingerprint density at radius 3 is 1.43 bits per heavy atom. The quantitative estimate of drug-likeness (QED) is 0.135. The van der Waals surface area contributed by atoms with Crippen LogP contribution in [-0.2, 0) is 18.3 Å². The number of anilines is 2. The van der Waals surface area contributed by atoms with Gasteiger partial charge >= 0.3 is 0 Å². The Bertz CT molecular complexity index is 1350. The first kappa shape index (κ1) is 24.8. The number of hydrogen-bond acceptors (Lipinski definition) is 4. The Kier molecular flexibility index (Phi) is 6.59. The fraction of sp³-hybridized carbons (Fsp3) is 0.273. The normalized spacial score (nSPS) is 13.4. The molecule has 0 saturated heterocycles. The number of nitrogens with two attached hydrogens (primary N) is 2. The highest BCUT2D eigenvalue weighted by atomic mass is 16.3. The number of fused-ring (bicyclic) bond motifs is 3. The zero-order chi connectivity index (χ0) is 26.2. The number of hydrogen-bond donors (Lipinski definition) is 4. The lowest BCUT2D eigenvalue weighted by atomic mass is 9.66. The largest absolute Gasteiger partial charge is 0.506 e. The van der Waals surface area contributed by atoms with E-state index in [4.69, 9.17) is 11.5 Å². The first-order chi connectivity index (χ1) is 17.9. The molecule has 0 aliphatic heterocycles. The molecule has 0 fully saturated rings. The van der Waals surface area contributed by atoms with Gasteiger partial charge in [0.1, 0.15) is 11.5 Å². The third-order valence-corrected chi connectivity index (χ3v) is 7.85. The molecule has 0 heterocycles. The maximum atomic E-state index is 10.9. The molecule has 0 radical (unpaired) electrons. The van der Waals surface area contributed by atoms with Crippen LogP contribution in [0.3, 0.4) is 0 Å². The monoisotopic (exact) mass is 492 g/mol. The highest BCUT2D eigenvalue weighted by molar-refractivity contribution is 5.87. The Balaban J connectivity index is 1.90. The molecular formula is C33H36N2O2. The van der Waals surface area contributed by atoms with Crippen LogP contribution in [0.2, 0.25) is 0 Å². The van der Waals surface area contributed by atoms with Gasteiger partial charge in [-0.1, -0.05) is 87.4 Å².